The molecule has 0 saturated carbocycles. The first kappa shape index (κ1) is 19.1. The molecule has 0 spiro atoms. The molecule has 8 heteroatoms. The van der Waals surface area contributed by atoms with Crippen molar-refractivity contribution in [2.45, 2.75) is 20.3 Å². The summed E-state index contributed by atoms with van der Waals surface area (Å²) in [5, 5.41) is 3.50. The SMILES string of the molecule is CCCN(CC(=O)Nc1cc(Cl)ccc1Cl)C(=O)c1ccnc(C)n1. The lowest BCUT2D eigenvalue weighted by atomic mass is 10.3. The minimum Gasteiger partial charge on any atom is -0.328 e. The highest BCUT2D eigenvalue weighted by atomic mass is 35.5. The topological polar surface area (TPSA) is 75.2 Å². The molecule has 2 aromatic rings. The molecule has 2 amide bonds. The van der Waals surface area contributed by atoms with Gasteiger partial charge in [0.25, 0.3) is 5.91 Å². The van der Waals surface area contributed by atoms with E-state index in [1.165, 1.54) is 17.2 Å². The Balaban J connectivity index is 2.11. The van der Waals surface area contributed by atoms with E-state index in [9.17, 15) is 9.59 Å². The summed E-state index contributed by atoms with van der Waals surface area (Å²) in [4.78, 5) is 34.5. The van der Waals surface area contributed by atoms with Gasteiger partial charge in [0.2, 0.25) is 5.91 Å². The number of hydrogen-bond acceptors (Lipinski definition) is 4. The van der Waals surface area contributed by atoms with E-state index in [1.54, 1.807) is 25.1 Å². The minimum atomic E-state index is -0.364. The third kappa shape index (κ3) is 5.41. The summed E-state index contributed by atoms with van der Waals surface area (Å²) in [6.07, 6.45) is 2.23. The minimum absolute atomic E-state index is 0.113. The Morgan fingerprint density at radius 3 is 2.68 bits per heavy atom. The molecule has 132 valence electrons. The van der Waals surface area contributed by atoms with Gasteiger partial charge in [0.05, 0.1) is 10.7 Å². The molecule has 1 aromatic heterocycles. The fourth-order valence-corrected chi connectivity index (χ4v) is 2.55. The highest BCUT2D eigenvalue weighted by Crippen LogP contribution is 2.25. The number of carbonyl (C=O) groups excluding carboxylic acids is 2. The molecule has 0 bridgehead atoms. The summed E-state index contributed by atoms with van der Waals surface area (Å²) in [5.41, 5.74) is 0.662. The number of hydrogen-bond donors (Lipinski definition) is 1. The van der Waals surface area contributed by atoms with E-state index in [2.05, 4.69) is 15.3 Å². The van der Waals surface area contributed by atoms with Crippen molar-refractivity contribution in [3.8, 4) is 0 Å². The Morgan fingerprint density at radius 2 is 2.00 bits per heavy atom. The van der Waals surface area contributed by atoms with Crippen LogP contribution in [0.25, 0.3) is 0 Å². The lowest BCUT2D eigenvalue weighted by Gasteiger charge is -2.21. The number of nitrogens with zero attached hydrogens (tertiary/aromatic N) is 3. The molecule has 6 nitrogen and oxygen atoms in total. The van der Waals surface area contributed by atoms with Gasteiger partial charge >= 0.3 is 0 Å². The van der Waals surface area contributed by atoms with Crippen LogP contribution in [0.15, 0.2) is 30.5 Å². The molecule has 0 aliphatic heterocycles. The van der Waals surface area contributed by atoms with Gasteiger partial charge in [-0.3, -0.25) is 9.59 Å². The fraction of sp³-hybridized carbons (Fsp3) is 0.294. The molecule has 25 heavy (non-hydrogen) atoms. The summed E-state index contributed by atoms with van der Waals surface area (Å²) in [6, 6.07) is 6.31. The first-order valence-electron chi connectivity index (χ1n) is 7.74. The third-order valence-electron chi connectivity index (χ3n) is 3.31. The first-order chi connectivity index (χ1) is 11.9. The maximum Gasteiger partial charge on any atom is 0.273 e. The molecular weight excluding hydrogens is 363 g/mol. The van der Waals surface area contributed by atoms with E-state index in [-0.39, 0.29) is 24.1 Å². The summed E-state index contributed by atoms with van der Waals surface area (Å²) in [5.74, 6) is -0.186. The standard InChI is InChI=1S/C17H18Cl2N4O2/c1-3-8-23(17(25)14-6-7-20-11(2)21-14)10-16(24)22-15-9-12(18)4-5-13(15)19/h4-7,9H,3,8,10H2,1-2H3,(H,22,24). The fourth-order valence-electron chi connectivity index (χ4n) is 2.22. The average molecular weight is 381 g/mol. The quantitative estimate of drug-likeness (QED) is 0.830. The van der Waals surface area contributed by atoms with E-state index in [0.29, 0.717) is 34.5 Å². The molecule has 0 saturated heterocycles. The number of amides is 2. The van der Waals surface area contributed by atoms with Gasteiger partial charge in [-0.25, -0.2) is 9.97 Å². The Morgan fingerprint density at radius 1 is 1.24 bits per heavy atom. The van der Waals surface area contributed by atoms with Gasteiger partial charge in [-0.05, 0) is 37.6 Å². The third-order valence-corrected chi connectivity index (χ3v) is 3.88. The van der Waals surface area contributed by atoms with Gasteiger partial charge in [0.15, 0.2) is 0 Å². The van der Waals surface area contributed by atoms with Crippen LogP contribution in [0.1, 0.15) is 29.7 Å². The molecule has 0 atom stereocenters. The number of benzene rings is 1. The van der Waals surface area contributed by atoms with Crippen LogP contribution < -0.4 is 5.32 Å². The van der Waals surface area contributed by atoms with Gasteiger partial charge in [0, 0.05) is 17.8 Å². The molecule has 1 heterocycles. The maximum absolute atomic E-state index is 12.6. The largest absolute Gasteiger partial charge is 0.328 e. The second-order valence-corrected chi connectivity index (χ2v) is 6.23. The van der Waals surface area contributed by atoms with Gasteiger partial charge in [-0.15, -0.1) is 0 Å². The van der Waals surface area contributed by atoms with Crippen LogP contribution >= 0.6 is 23.2 Å². The summed E-state index contributed by atoms with van der Waals surface area (Å²) < 4.78 is 0. The Kier molecular flexibility index (Phi) is 6.73. The van der Waals surface area contributed by atoms with Crippen molar-refractivity contribution in [2.24, 2.45) is 0 Å². The number of carbonyl (C=O) groups is 2. The number of rotatable bonds is 6. The molecule has 1 aromatic carbocycles. The van der Waals surface area contributed by atoms with Crippen LogP contribution in [0, 0.1) is 6.92 Å². The molecule has 2 rings (SSSR count). The smallest absolute Gasteiger partial charge is 0.273 e. The number of nitrogens with one attached hydrogen (secondary N) is 1. The monoisotopic (exact) mass is 380 g/mol. The number of aryl methyl sites for hydroxylation is 1. The number of aromatic nitrogens is 2. The maximum atomic E-state index is 12.6. The normalized spacial score (nSPS) is 10.4. The van der Waals surface area contributed by atoms with E-state index in [4.69, 9.17) is 23.2 Å². The van der Waals surface area contributed by atoms with Crippen molar-refractivity contribution in [3.05, 3.63) is 52.0 Å². The summed E-state index contributed by atoms with van der Waals surface area (Å²) >= 11 is 12.0. The molecule has 0 fully saturated rings. The van der Waals surface area contributed by atoms with Crippen LogP contribution in [-0.4, -0.2) is 39.8 Å². The van der Waals surface area contributed by atoms with Crippen LogP contribution in [0.3, 0.4) is 0 Å². The lowest BCUT2D eigenvalue weighted by Crippen LogP contribution is -2.39. The highest BCUT2D eigenvalue weighted by Gasteiger charge is 2.20. The lowest BCUT2D eigenvalue weighted by molar-refractivity contribution is -0.116. The molecule has 0 radical (unpaired) electrons. The van der Waals surface area contributed by atoms with Crippen LogP contribution in [-0.2, 0) is 4.79 Å². The van der Waals surface area contributed by atoms with Crippen LogP contribution in [0.4, 0.5) is 5.69 Å². The van der Waals surface area contributed by atoms with Crippen molar-refractivity contribution in [2.75, 3.05) is 18.4 Å². The van der Waals surface area contributed by atoms with Crippen molar-refractivity contribution in [1.29, 1.82) is 0 Å². The Bertz CT molecular complexity index is 783. The highest BCUT2D eigenvalue weighted by molar-refractivity contribution is 6.35. The van der Waals surface area contributed by atoms with Crippen LogP contribution in [0.5, 0.6) is 0 Å². The van der Waals surface area contributed by atoms with E-state index < -0.39 is 0 Å². The zero-order valence-electron chi connectivity index (χ0n) is 13.9. The number of halogens is 2. The zero-order valence-corrected chi connectivity index (χ0v) is 15.4. The molecular formula is C17H18Cl2N4O2. The Labute approximate surface area is 156 Å². The molecule has 1 N–H and O–H groups in total. The summed E-state index contributed by atoms with van der Waals surface area (Å²) in [7, 11) is 0. The second kappa shape index (κ2) is 8.78. The second-order valence-electron chi connectivity index (χ2n) is 5.39. The van der Waals surface area contributed by atoms with E-state index in [0.717, 1.165) is 0 Å². The van der Waals surface area contributed by atoms with E-state index >= 15 is 0 Å². The predicted octanol–water partition coefficient (Wildman–Crippen LogP) is 3.58. The van der Waals surface area contributed by atoms with Gasteiger partial charge in [-0.1, -0.05) is 30.1 Å². The first-order valence-corrected chi connectivity index (χ1v) is 8.50. The van der Waals surface area contributed by atoms with E-state index in [1.807, 2.05) is 6.92 Å². The molecule has 0 aliphatic carbocycles. The van der Waals surface area contributed by atoms with Crippen molar-refractivity contribution < 1.29 is 9.59 Å². The summed E-state index contributed by atoms with van der Waals surface area (Å²) in [6.45, 7) is 3.95. The van der Waals surface area contributed by atoms with Crippen LogP contribution in [0.2, 0.25) is 10.0 Å². The van der Waals surface area contributed by atoms with Crippen molar-refractivity contribution in [1.82, 2.24) is 14.9 Å². The number of anilines is 1. The van der Waals surface area contributed by atoms with Gasteiger partial charge in [-0.2, -0.15) is 0 Å². The van der Waals surface area contributed by atoms with Gasteiger partial charge < -0.3 is 10.2 Å². The Hall–Kier alpha value is -2.18. The predicted molar refractivity (Wildman–Crippen MR) is 98.1 cm³/mol. The molecule has 0 aliphatic rings. The zero-order chi connectivity index (χ0) is 18.4. The van der Waals surface area contributed by atoms with Crippen molar-refractivity contribution in [3.63, 3.8) is 0 Å². The molecule has 0 unspecified atom stereocenters. The average Bonchev–Trinajstić information content (AvgIpc) is 2.57. The van der Waals surface area contributed by atoms with Gasteiger partial charge in [0.1, 0.15) is 18.1 Å². The van der Waals surface area contributed by atoms with Crippen molar-refractivity contribution >= 4 is 40.7 Å².